The lowest BCUT2D eigenvalue weighted by Crippen LogP contribution is -2.43. The molecular weight excluding hydrogens is 276 g/mol. The molecule has 0 aromatic heterocycles. The molecule has 0 radical (unpaired) electrons. The van der Waals surface area contributed by atoms with Crippen LogP contribution < -0.4 is 4.72 Å². The summed E-state index contributed by atoms with van der Waals surface area (Å²) in [6.07, 6.45) is 3.01. The van der Waals surface area contributed by atoms with Gasteiger partial charge in [-0.25, -0.2) is 0 Å². The lowest BCUT2D eigenvalue weighted by atomic mass is 10.1. The summed E-state index contributed by atoms with van der Waals surface area (Å²) in [4.78, 5) is 0. The number of hydrogen-bond donors (Lipinski definition) is 1. The fourth-order valence-corrected chi connectivity index (χ4v) is 3.64. The summed E-state index contributed by atoms with van der Waals surface area (Å²) in [6.45, 7) is 2.10. The Hall–Kier alpha value is -0.950. The minimum atomic E-state index is -3.35. The fourth-order valence-electron chi connectivity index (χ4n) is 2.37. The minimum absolute atomic E-state index is 0.316. The number of piperidine rings is 1. The Bertz CT molecular complexity index is 525. The highest BCUT2D eigenvalue weighted by Crippen LogP contribution is 2.13. The van der Waals surface area contributed by atoms with Crippen LogP contribution >= 0.6 is 0 Å². The molecule has 2 rings (SSSR count). The number of rotatable bonds is 6. The van der Waals surface area contributed by atoms with Gasteiger partial charge in [-0.05, 0) is 24.0 Å². The molecule has 1 aliphatic heterocycles. The lowest BCUT2D eigenvalue weighted by Gasteiger charge is -2.25. The molecule has 0 saturated carbocycles. The second-order valence-electron chi connectivity index (χ2n) is 5.04. The van der Waals surface area contributed by atoms with Gasteiger partial charge in [0.25, 0.3) is 10.2 Å². The van der Waals surface area contributed by atoms with Gasteiger partial charge < -0.3 is 4.74 Å². The van der Waals surface area contributed by atoms with E-state index in [0.29, 0.717) is 26.2 Å². The Morgan fingerprint density at radius 2 is 1.90 bits per heavy atom. The molecule has 1 N–H and O–H groups in total. The average molecular weight is 298 g/mol. The van der Waals surface area contributed by atoms with Gasteiger partial charge in [0.2, 0.25) is 0 Å². The van der Waals surface area contributed by atoms with E-state index in [-0.39, 0.29) is 0 Å². The zero-order chi connectivity index (χ0) is 14.4. The average Bonchev–Trinajstić information content (AvgIpc) is 2.47. The lowest BCUT2D eigenvalue weighted by molar-refractivity contribution is 0.185. The van der Waals surface area contributed by atoms with Crippen molar-refractivity contribution in [2.24, 2.45) is 0 Å². The van der Waals surface area contributed by atoms with E-state index in [1.54, 1.807) is 7.11 Å². The SMILES string of the molecule is COCc1cccc(CNS(=O)(=O)N2CCCCC2)c1. The molecule has 112 valence electrons. The van der Waals surface area contributed by atoms with E-state index < -0.39 is 10.2 Å². The van der Waals surface area contributed by atoms with Crippen LogP contribution in [0, 0.1) is 0 Å². The van der Waals surface area contributed by atoms with Crippen molar-refractivity contribution < 1.29 is 13.2 Å². The minimum Gasteiger partial charge on any atom is -0.380 e. The molecular formula is C14H22N2O3S. The van der Waals surface area contributed by atoms with Gasteiger partial charge in [0, 0.05) is 26.7 Å². The molecule has 0 aliphatic carbocycles. The maximum Gasteiger partial charge on any atom is 0.279 e. The van der Waals surface area contributed by atoms with Crippen molar-refractivity contribution in [1.82, 2.24) is 9.03 Å². The first-order valence-corrected chi connectivity index (χ1v) is 8.37. The molecule has 1 fully saturated rings. The van der Waals surface area contributed by atoms with Crippen molar-refractivity contribution in [3.05, 3.63) is 35.4 Å². The number of methoxy groups -OCH3 is 1. The summed E-state index contributed by atoms with van der Waals surface area (Å²) in [6, 6.07) is 7.76. The summed E-state index contributed by atoms with van der Waals surface area (Å²) in [7, 11) is -1.71. The van der Waals surface area contributed by atoms with Crippen molar-refractivity contribution in [1.29, 1.82) is 0 Å². The maximum absolute atomic E-state index is 12.2. The van der Waals surface area contributed by atoms with Crippen LogP contribution in [-0.4, -0.2) is 32.9 Å². The Labute approximate surface area is 121 Å². The highest BCUT2D eigenvalue weighted by molar-refractivity contribution is 7.87. The van der Waals surface area contributed by atoms with Gasteiger partial charge in [-0.3, -0.25) is 0 Å². The summed E-state index contributed by atoms with van der Waals surface area (Å²) in [5.74, 6) is 0. The van der Waals surface area contributed by atoms with E-state index in [1.165, 1.54) is 4.31 Å². The van der Waals surface area contributed by atoms with Crippen LogP contribution in [0.4, 0.5) is 0 Å². The Kier molecular flexibility index (Phi) is 5.54. The van der Waals surface area contributed by atoms with Crippen molar-refractivity contribution in [2.45, 2.75) is 32.4 Å². The van der Waals surface area contributed by atoms with Crippen molar-refractivity contribution >= 4 is 10.2 Å². The van der Waals surface area contributed by atoms with Gasteiger partial charge in [-0.2, -0.15) is 17.4 Å². The molecule has 1 heterocycles. The van der Waals surface area contributed by atoms with E-state index in [0.717, 1.165) is 30.4 Å². The van der Waals surface area contributed by atoms with Crippen molar-refractivity contribution in [3.8, 4) is 0 Å². The van der Waals surface area contributed by atoms with Gasteiger partial charge in [-0.1, -0.05) is 30.7 Å². The molecule has 0 spiro atoms. The number of nitrogens with one attached hydrogen (secondary N) is 1. The molecule has 5 nitrogen and oxygen atoms in total. The number of benzene rings is 1. The standard InChI is InChI=1S/C14H22N2O3S/c1-19-12-14-7-5-6-13(10-14)11-15-20(17,18)16-8-3-2-4-9-16/h5-7,10,15H,2-4,8-9,11-12H2,1H3. The number of nitrogens with zero attached hydrogens (tertiary/aromatic N) is 1. The first-order valence-electron chi connectivity index (χ1n) is 6.93. The summed E-state index contributed by atoms with van der Waals surface area (Å²) in [5.41, 5.74) is 1.99. The fraction of sp³-hybridized carbons (Fsp3) is 0.571. The molecule has 1 aromatic rings. The van der Waals surface area contributed by atoms with Gasteiger partial charge in [0.1, 0.15) is 0 Å². The molecule has 6 heteroatoms. The number of ether oxygens (including phenoxy) is 1. The van der Waals surface area contributed by atoms with Crippen LogP contribution in [0.3, 0.4) is 0 Å². The van der Waals surface area contributed by atoms with Gasteiger partial charge >= 0.3 is 0 Å². The summed E-state index contributed by atoms with van der Waals surface area (Å²) in [5, 5.41) is 0. The topological polar surface area (TPSA) is 58.6 Å². The molecule has 1 aliphatic rings. The quantitative estimate of drug-likeness (QED) is 0.869. The number of hydrogen-bond acceptors (Lipinski definition) is 3. The van der Waals surface area contributed by atoms with E-state index in [9.17, 15) is 8.42 Å². The van der Waals surface area contributed by atoms with E-state index >= 15 is 0 Å². The van der Waals surface area contributed by atoms with Crippen LogP contribution in [0.1, 0.15) is 30.4 Å². The normalized spacial score (nSPS) is 17.2. The zero-order valence-corrected chi connectivity index (χ0v) is 12.7. The highest BCUT2D eigenvalue weighted by Gasteiger charge is 2.23. The zero-order valence-electron chi connectivity index (χ0n) is 11.8. The maximum atomic E-state index is 12.2. The van der Waals surface area contributed by atoms with Gasteiger partial charge in [0.15, 0.2) is 0 Å². The van der Waals surface area contributed by atoms with E-state index in [4.69, 9.17) is 4.74 Å². The monoisotopic (exact) mass is 298 g/mol. The molecule has 0 amide bonds. The third-order valence-corrected chi connectivity index (χ3v) is 4.97. The first kappa shape index (κ1) is 15.4. The largest absolute Gasteiger partial charge is 0.380 e. The Balaban J connectivity index is 1.95. The first-order chi connectivity index (χ1) is 9.62. The summed E-state index contributed by atoms with van der Waals surface area (Å²) < 4.78 is 33.6. The predicted molar refractivity (Wildman–Crippen MR) is 78.3 cm³/mol. The molecule has 0 bridgehead atoms. The van der Waals surface area contributed by atoms with Gasteiger partial charge in [-0.15, -0.1) is 0 Å². The second kappa shape index (κ2) is 7.17. The molecule has 1 saturated heterocycles. The third kappa shape index (κ3) is 4.28. The Morgan fingerprint density at radius 1 is 1.20 bits per heavy atom. The van der Waals surface area contributed by atoms with Crippen LogP contribution in [0.15, 0.2) is 24.3 Å². The van der Waals surface area contributed by atoms with Crippen molar-refractivity contribution in [2.75, 3.05) is 20.2 Å². The molecule has 0 unspecified atom stereocenters. The van der Waals surface area contributed by atoms with Crippen molar-refractivity contribution in [3.63, 3.8) is 0 Å². The molecule has 1 aromatic carbocycles. The molecule has 20 heavy (non-hydrogen) atoms. The second-order valence-corrected chi connectivity index (χ2v) is 6.79. The third-order valence-electron chi connectivity index (χ3n) is 3.42. The summed E-state index contributed by atoms with van der Waals surface area (Å²) >= 11 is 0. The van der Waals surface area contributed by atoms with Crippen LogP contribution in [0.2, 0.25) is 0 Å². The van der Waals surface area contributed by atoms with Crippen LogP contribution in [-0.2, 0) is 28.1 Å². The van der Waals surface area contributed by atoms with E-state index in [1.807, 2.05) is 24.3 Å². The molecule has 0 atom stereocenters. The predicted octanol–water partition coefficient (Wildman–Crippen LogP) is 1.65. The van der Waals surface area contributed by atoms with Gasteiger partial charge in [0.05, 0.1) is 6.61 Å². The van der Waals surface area contributed by atoms with Crippen LogP contribution in [0.25, 0.3) is 0 Å². The Morgan fingerprint density at radius 3 is 2.60 bits per heavy atom. The highest BCUT2D eigenvalue weighted by atomic mass is 32.2. The van der Waals surface area contributed by atoms with E-state index in [2.05, 4.69) is 4.72 Å². The van der Waals surface area contributed by atoms with Crippen LogP contribution in [0.5, 0.6) is 0 Å². The smallest absolute Gasteiger partial charge is 0.279 e.